The van der Waals surface area contributed by atoms with Gasteiger partial charge in [-0.05, 0) is 44.9 Å². The summed E-state index contributed by atoms with van der Waals surface area (Å²) >= 11 is 0. The fourth-order valence-electron chi connectivity index (χ4n) is 3.13. The Labute approximate surface area is 238 Å². The van der Waals surface area contributed by atoms with Gasteiger partial charge < -0.3 is 25.2 Å². The lowest BCUT2D eigenvalue weighted by Crippen LogP contribution is -2.34. The van der Waals surface area contributed by atoms with Crippen LogP contribution in [0.25, 0.3) is 0 Å². The molecule has 0 aliphatic rings. The van der Waals surface area contributed by atoms with Crippen LogP contribution in [0.1, 0.15) is 90.9 Å². The maximum Gasteiger partial charge on any atom is 0.472 e. The van der Waals surface area contributed by atoms with E-state index in [9.17, 15) is 23.8 Å². The summed E-state index contributed by atoms with van der Waals surface area (Å²) in [6.45, 7) is 2.38. The van der Waals surface area contributed by atoms with Crippen LogP contribution >= 0.6 is 7.82 Å². The summed E-state index contributed by atoms with van der Waals surface area (Å²) in [7, 11) is -4.69. The number of allylic oxidation sites excluding steroid dienone is 6. The lowest BCUT2D eigenvalue weighted by Gasteiger charge is -2.20. The summed E-state index contributed by atoms with van der Waals surface area (Å²) in [4.78, 5) is 44.8. The number of esters is 2. The van der Waals surface area contributed by atoms with E-state index in [1.54, 1.807) is 0 Å². The zero-order valence-electron chi connectivity index (χ0n) is 23.9. The van der Waals surface area contributed by atoms with Gasteiger partial charge in [0.15, 0.2) is 6.10 Å². The highest BCUT2D eigenvalue weighted by Crippen LogP contribution is 2.43. The number of ether oxygens (including phenoxy) is 2. The molecule has 0 radical (unpaired) electrons. The molecule has 0 rings (SSSR count). The molecule has 0 amide bonds. The molecule has 0 aromatic carbocycles. The molecule has 0 aromatic heterocycles. The second kappa shape index (κ2) is 24.5. The molecule has 0 saturated carbocycles. The third-order valence-electron chi connectivity index (χ3n) is 5.40. The van der Waals surface area contributed by atoms with Gasteiger partial charge >= 0.3 is 25.7 Å². The highest BCUT2D eigenvalue weighted by atomic mass is 31.2. The van der Waals surface area contributed by atoms with Crippen LogP contribution in [0.5, 0.6) is 0 Å². The van der Waals surface area contributed by atoms with E-state index in [0.29, 0.717) is 12.8 Å². The molecule has 0 aliphatic carbocycles. The van der Waals surface area contributed by atoms with Crippen LogP contribution in [-0.2, 0) is 37.5 Å². The van der Waals surface area contributed by atoms with Gasteiger partial charge in [0.25, 0.3) is 0 Å². The number of phosphoric ester groups is 1. The van der Waals surface area contributed by atoms with E-state index in [4.69, 9.17) is 24.8 Å². The monoisotopic (exact) mass is 589 g/mol. The molecular formula is C28H48NO10P. The third kappa shape index (κ3) is 23.6. The molecule has 4 N–H and O–H groups in total. The van der Waals surface area contributed by atoms with Crippen LogP contribution in [0.3, 0.4) is 0 Å². The summed E-state index contributed by atoms with van der Waals surface area (Å²) < 4.78 is 31.9. The number of carbonyl (C=O) groups excluding carboxylic acids is 2. The Bertz CT molecular complexity index is 843. The first-order chi connectivity index (χ1) is 19.1. The van der Waals surface area contributed by atoms with Crippen molar-refractivity contribution in [3.63, 3.8) is 0 Å². The van der Waals surface area contributed by atoms with E-state index in [0.717, 1.165) is 51.4 Å². The molecule has 0 spiro atoms. The molecule has 0 aliphatic heterocycles. The van der Waals surface area contributed by atoms with Crippen LogP contribution in [0.4, 0.5) is 0 Å². The van der Waals surface area contributed by atoms with Crippen molar-refractivity contribution in [3.8, 4) is 0 Å². The lowest BCUT2D eigenvalue weighted by molar-refractivity contribution is -0.161. The molecule has 0 saturated heterocycles. The van der Waals surface area contributed by atoms with E-state index in [-0.39, 0.29) is 19.4 Å². The van der Waals surface area contributed by atoms with Gasteiger partial charge in [-0.3, -0.25) is 23.4 Å². The minimum absolute atomic E-state index is 0.124. The fourth-order valence-corrected chi connectivity index (χ4v) is 3.91. The van der Waals surface area contributed by atoms with E-state index in [2.05, 4.69) is 47.9 Å². The highest BCUT2D eigenvalue weighted by molar-refractivity contribution is 7.47. The van der Waals surface area contributed by atoms with Gasteiger partial charge in [-0.2, -0.15) is 0 Å². The maximum absolute atomic E-state index is 12.3. The first-order valence-corrected chi connectivity index (χ1v) is 15.5. The standard InChI is InChI=1S/C28H48NO10P/c1-3-5-7-8-9-10-11-12-13-14-15-16-18-20-27(31)39-24(21-36-26(30)19-17-6-4-2)22-37-40(34,35)38-23-25(29)28(32)33/h5,7,9-10,12-13,24-25H,3-4,6,8,11,14-23,29H2,1-2H3,(H,32,33)(H,34,35)/b7-5-,10-9-,13-12-. The first-order valence-electron chi connectivity index (χ1n) is 14.0. The first kappa shape index (κ1) is 37.7. The van der Waals surface area contributed by atoms with Crippen molar-refractivity contribution in [1.29, 1.82) is 0 Å². The van der Waals surface area contributed by atoms with Crippen molar-refractivity contribution in [1.82, 2.24) is 0 Å². The van der Waals surface area contributed by atoms with Crippen molar-refractivity contribution in [2.24, 2.45) is 5.73 Å². The molecule has 12 heteroatoms. The quantitative estimate of drug-likeness (QED) is 0.0540. The zero-order chi connectivity index (χ0) is 30.1. The number of carbonyl (C=O) groups is 3. The van der Waals surface area contributed by atoms with Gasteiger partial charge in [0.2, 0.25) is 0 Å². The van der Waals surface area contributed by atoms with Crippen molar-refractivity contribution in [2.75, 3.05) is 19.8 Å². The Morgan fingerprint density at radius 3 is 2.05 bits per heavy atom. The highest BCUT2D eigenvalue weighted by Gasteiger charge is 2.28. The number of aliphatic carboxylic acids is 1. The average molecular weight is 590 g/mol. The van der Waals surface area contributed by atoms with E-state index in [1.807, 2.05) is 6.92 Å². The Morgan fingerprint density at radius 2 is 1.40 bits per heavy atom. The van der Waals surface area contributed by atoms with Gasteiger partial charge in [0.05, 0.1) is 13.2 Å². The molecule has 11 nitrogen and oxygen atoms in total. The molecule has 3 unspecified atom stereocenters. The van der Waals surface area contributed by atoms with Crippen molar-refractivity contribution in [2.45, 2.75) is 103 Å². The third-order valence-corrected chi connectivity index (χ3v) is 6.35. The second-order valence-corrected chi connectivity index (χ2v) is 10.6. The Hall–Kier alpha value is -2.30. The number of nitrogens with two attached hydrogens (primary N) is 1. The molecule has 40 heavy (non-hydrogen) atoms. The smallest absolute Gasteiger partial charge is 0.472 e. The van der Waals surface area contributed by atoms with E-state index in [1.165, 1.54) is 0 Å². The van der Waals surface area contributed by atoms with Gasteiger partial charge in [-0.25, -0.2) is 4.57 Å². The van der Waals surface area contributed by atoms with Crippen LogP contribution in [0.2, 0.25) is 0 Å². The lowest BCUT2D eigenvalue weighted by atomic mass is 10.1. The molecule has 0 aromatic rings. The summed E-state index contributed by atoms with van der Waals surface area (Å²) in [5.41, 5.74) is 5.25. The number of rotatable bonds is 25. The number of hydrogen-bond acceptors (Lipinski definition) is 9. The van der Waals surface area contributed by atoms with Crippen LogP contribution < -0.4 is 5.73 Å². The fraction of sp³-hybridized carbons (Fsp3) is 0.679. The van der Waals surface area contributed by atoms with Gasteiger partial charge in [-0.1, -0.05) is 69.6 Å². The molecule has 230 valence electrons. The largest absolute Gasteiger partial charge is 0.480 e. The summed E-state index contributed by atoms with van der Waals surface area (Å²) in [6.07, 6.45) is 20.5. The minimum atomic E-state index is -4.69. The van der Waals surface area contributed by atoms with E-state index < -0.39 is 51.1 Å². The molecular weight excluding hydrogens is 541 g/mol. The number of carboxylic acid groups (broad SMARTS) is 1. The summed E-state index contributed by atoms with van der Waals surface area (Å²) in [5, 5.41) is 8.76. The van der Waals surface area contributed by atoms with Crippen molar-refractivity contribution >= 4 is 25.7 Å². The van der Waals surface area contributed by atoms with Gasteiger partial charge in [-0.15, -0.1) is 0 Å². The van der Waals surface area contributed by atoms with Gasteiger partial charge in [0.1, 0.15) is 12.6 Å². The van der Waals surface area contributed by atoms with Crippen LogP contribution in [0.15, 0.2) is 36.5 Å². The SMILES string of the molecule is CC/C=C\C/C=C\C/C=C\CCCCCC(=O)OC(COC(=O)CCCCC)COP(=O)(O)OCC(N)C(=O)O. The molecule has 0 fully saturated rings. The molecule has 3 atom stereocenters. The topological polar surface area (TPSA) is 172 Å². The maximum atomic E-state index is 12.3. The van der Waals surface area contributed by atoms with Crippen LogP contribution in [-0.4, -0.2) is 59.9 Å². The predicted molar refractivity (Wildman–Crippen MR) is 152 cm³/mol. The van der Waals surface area contributed by atoms with Crippen LogP contribution in [0, 0.1) is 0 Å². The minimum Gasteiger partial charge on any atom is -0.480 e. The number of hydrogen-bond donors (Lipinski definition) is 3. The van der Waals surface area contributed by atoms with Gasteiger partial charge in [0, 0.05) is 12.8 Å². The molecule has 0 heterocycles. The Morgan fingerprint density at radius 1 is 0.800 bits per heavy atom. The van der Waals surface area contributed by atoms with E-state index >= 15 is 0 Å². The second-order valence-electron chi connectivity index (χ2n) is 9.15. The number of carboxylic acids is 1. The van der Waals surface area contributed by atoms with Crippen molar-refractivity contribution < 1.29 is 47.5 Å². The number of phosphoric acid groups is 1. The Balaban J connectivity index is 4.53. The Kier molecular flexibility index (Phi) is 23.1. The zero-order valence-corrected chi connectivity index (χ0v) is 24.8. The van der Waals surface area contributed by atoms with Crippen molar-refractivity contribution in [3.05, 3.63) is 36.5 Å². The average Bonchev–Trinajstić information content (AvgIpc) is 2.91. The summed E-state index contributed by atoms with van der Waals surface area (Å²) in [6, 6.07) is -1.52. The normalized spacial score (nSPS) is 14.9. The predicted octanol–water partition coefficient (Wildman–Crippen LogP) is 5.38. The molecule has 0 bridgehead atoms. The summed E-state index contributed by atoms with van der Waals surface area (Å²) in [5.74, 6) is -2.46. The number of unbranched alkanes of at least 4 members (excludes halogenated alkanes) is 5.